The topological polar surface area (TPSA) is 66.9 Å². The van der Waals surface area contributed by atoms with E-state index in [1.807, 2.05) is 41.8 Å². The van der Waals surface area contributed by atoms with E-state index in [4.69, 9.17) is 4.74 Å². The molecule has 7 heteroatoms. The molecule has 1 saturated carbocycles. The highest BCUT2D eigenvalue weighted by Crippen LogP contribution is 2.38. The van der Waals surface area contributed by atoms with Gasteiger partial charge in [0.15, 0.2) is 0 Å². The van der Waals surface area contributed by atoms with Crippen molar-refractivity contribution in [2.24, 2.45) is 11.8 Å². The third-order valence-corrected chi connectivity index (χ3v) is 7.18. The Morgan fingerprint density at radius 1 is 1.06 bits per heavy atom. The fourth-order valence-corrected chi connectivity index (χ4v) is 5.40. The summed E-state index contributed by atoms with van der Waals surface area (Å²) in [4.78, 5) is 42.9. The van der Waals surface area contributed by atoms with Gasteiger partial charge < -0.3 is 9.64 Å². The predicted molar refractivity (Wildman–Crippen MR) is 118 cm³/mol. The summed E-state index contributed by atoms with van der Waals surface area (Å²) in [6.07, 6.45) is 3.72. The second-order valence-electron chi connectivity index (χ2n) is 8.22. The second-order valence-corrected chi connectivity index (χ2v) is 9.25. The summed E-state index contributed by atoms with van der Waals surface area (Å²) in [6, 6.07) is 11.6. The van der Waals surface area contributed by atoms with Crippen LogP contribution in [0.15, 0.2) is 41.8 Å². The molecule has 164 valence electrons. The summed E-state index contributed by atoms with van der Waals surface area (Å²) in [7, 11) is 1.62. The van der Waals surface area contributed by atoms with Crippen molar-refractivity contribution in [1.29, 1.82) is 0 Å². The Hall–Kier alpha value is -2.67. The molecule has 0 bridgehead atoms. The highest BCUT2D eigenvalue weighted by Gasteiger charge is 2.47. The van der Waals surface area contributed by atoms with Gasteiger partial charge in [-0.1, -0.05) is 37.1 Å². The molecule has 6 nitrogen and oxygen atoms in total. The number of benzene rings is 1. The molecule has 1 aromatic heterocycles. The molecule has 2 aromatic rings. The summed E-state index contributed by atoms with van der Waals surface area (Å²) >= 11 is 1.60. The van der Waals surface area contributed by atoms with Crippen molar-refractivity contribution in [3.8, 4) is 5.75 Å². The van der Waals surface area contributed by atoms with Crippen LogP contribution in [0.4, 0.5) is 0 Å². The van der Waals surface area contributed by atoms with Crippen LogP contribution in [-0.2, 0) is 27.5 Å². The van der Waals surface area contributed by atoms with Gasteiger partial charge in [-0.05, 0) is 30.4 Å². The number of carbonyl (C=O) groups is 3. The van der Waals surface area contributed by atoms with E-state index in [0.717, 1.165) is 41.9 Å². The fraction of sp³-hybridized carbons (Fsp3) is 0.458. The van der Waals surface area contributed by atoms with E-state index in [0.29, 0.717) is 13.1 Å². The number of likely N-dealkylation sites (tertiary alicyclic amines) is 1. The molecule has 1 aromatic carbocycles. The van der Waals surface area contributed by atoms with Gasteiger partial charge in [-0.25, -0.2) is 0 Å². The number of nitrogens with zero attached hydrogens (tertiary/aromatic N) is 2. The van der Waals surface area contributed by atoms with Crippen LogP contribution in [0.1, 0.15) is 42.5 Å². The molecule has 2 atom stereocenters. The SMILES string of the molecule is COc1ccccc1CN(Cc1cccs1)C(=O)CCN1C(=O)C2CCCCC2C1=O. The molecule has 4 rings (SSSR count). The smallest absolute Gasteiger partial charge is 0.233 e. The summed E-state index contributed by atoms with van der Waals surface area (Å²) in [5.41, 5.74) is 0.925. The molecule has 2 heterocycles. The van der Waals surface area contributed by atoms with Crippen LogP contribution in [0.5, 0.6) is 5.75 Å². The summed E-state index contributed by atoms with van der Waals surface area (Å²) < 4.78 is 5.45. The molecule has 1 aliphatic heterocycles. The number of fused-ring (bicyclic) bond motifs is 1. The van der Waals surface area contributed by atoms with Gasteiger partial charge in [0.2, 0.25) is 17.7 Å². The van der Waals surface area contributed by atoms with Gasteiger partial charge in [-0.2, -0.15) is 0 Å². The standard InChI is InChI=1S/C24H28N2O4S/c1-30-21-11-5-2-7-17(21)15-25(16-18-8-6-14-31-18)22(27)12-13-26-23(28)19-9-3-4-10-20(19)24(26)29/h2,5-8,11,14,19-20H,3-4,9-10,12-13,15-16H2,1H3. The predicted octanol–water partition coefficient (Wildman–Crippen LogP) is 3.85. The molecular formula is C24H28N2O4S. The third kappa shape index (κ3) is 4.66. The molecule has 0 N–H and O–H groups in total. The highest BCUT2D eigenvalue weighted by molar-refractivity contribution is 7.09. The zero-order chi connectivity index (χ0) is 21.8. The Morgan fingerprint density at radius 2 is 1.77 bits per heavy atom. The minimum absolute atomic E-state index is 0.0743. The zero-order valence-corrected chi connectivity index (χ0v) is 18.6. The number of ether oxygens (including phenoxy) is 1. The molecule has 31 heavy (non-hydrogen) atoms. The van der Waals surface area contributed by atoms with Gasteiger partial charge in [0.05, 0.1) is 25.5 Å². The van der Waals surface area contributed by atoms with Crippen molar-refractivity contribution in [1.82, 2.24) is 9.80 Å². The largest absolute Gasteiger partial charge is 0.496 e. The lowest BCUT2D eigenvalue weighted by molar-refractivity contribution is -0.141. The Morgan fingerprint density at radius 3 is 2.42 bits per heavy atom. The van der Waals surface area contributed by atoms with Crippen molar-refractivity contribution in [3.63, 3.8) is 0 Å². The van der Waals surface area contributed by atoms with Crippen LogP contribution in [-0.4, -0.2) is 41.2 Å². The maximum absolute atomic E-state index is 13.2. The first-order chi connectivity index (χ1) is 15.1. The molecule has 2 unspecified atom stereocenters. The number of thiophene rings is 1. The van der Waals surface area contributed by atoms with Crippen LogP contribution in [0.2, 0.25) is 0 Å². The average Bonchev–Trinajstić information content (AvgIpc) is 3.39. The molecule has 1 aliphatic carbocycles. The third-order valence-electron chi connectivity index (χ3n) is 6.31. The lowest BCUT2D eigenvalue weighted by Gasteiger charge is -2.24. The fourth-order valence-electron chi connectivity index (χ4n) is 4.68. The number of hydrogen-bond acceptors (Lipinski definition) is 5. The van der Waals surface area contributed by atoms with Gasteiger partial charge in [-0.15, -0.1) is 11.3 Å². The lowest BCUT2D eigenvalue weighted by Crippen LogP contribution is -2.37. The van der Waals surface area contributed by atoms with Crippen LogP contribution in [0.3, 0.4) is 0 Å². The minimum atomic E-state index is -0.174. The van der Waals surface area contributed by atoms with Crippen LogP contribution >= 0.6 is 11.3 Å². The molecule has 0 radical (unpaired) electrons. The first-order valence-corrected chi connectivity index (χ1v) is 11.7. The van der Waals surface area contributed by atoms with Crippen LogP contribution in [0, 0.1) is 11.8 Å². The minimum Gasteiger partial charge on any atom is -0.496 e. The molecule has 2 fully saturated rings. The number of rotatable bonds is 8. The Labute approximate surface area is 186 Å². The van der Waals surface area contributed by atoms with Crippen LogP contribution in [0.25, 0.3) is 0 Å². The monoisotopic (exact) mass is 440 g/mol. The van der Waals surface area contributed by atoms with E-state index in [9.17, 15) is 14.4 Å². The van der Waals surface area contributed by atoms with Gasteiger partial charge >= 0.3 is 0 Å². The van der Waals surface area contributed by atoms with Crippen LogP contribution < -0.4 is 4.74 Å². The molecule has 3 amide bonds. The van der Waals surface area contributed by atoms with Crippen molar-refractivity contribution in [2.75, 3.05) is 13.7 Å². The number of carbonyl (C=O) groups excluding carboxylic acids is 3. The van der Waals surface area contributed by atoms with E-state index < -0.39 is 0 Å². The first-order valence-electron chi connectivity index (χ1n) is 10.9. The maximum atomic E-state index is 13.2. The molecule has 2 aliphatic rings. The normalized spacial score (nSPS) is 20.6. The van der Waals surface area contributed by atoms with Crippen molar-refractivity contribution in [2.45, 2.75) is 45.2 Å². The number of para-hydroxylation sites is 1. The number of hydrogen-bond donors (Lipinski definition) is 0. The first kappa shape index (κ1) is 21.6. The Kier molecular flexibility index (Phi) is 6.70. The van der Waals surface area contributed by atoms with Gasteiger partial charge in [0.25, 0.3) is 0 Å². The zero-order valence-electron chi connectivity index (χ0n) is 17.8. The van der Waals surface area contributed by atoms with E-state index in [2.05, 4.69) is 0 Å². The average molecular weight is 441 g/mol. The van der Waals surface area contributed by atoms with E-state index >= 15 is 0 Å². The lowest BCUT2D eigenvalue weighted by atomic mass is 9.81. The van der Waals surface area contributed by atoms with Crippen molar-refractivity contribution < 1.29 is 19.1 Å². The van der Waals surface area contributed by atoms with Crippen molar-refractivity contribution >= 4 is 29.1 Å². The number of methoxy groups -OCH3 is 1. The number of amides is 3. The van der Waals surface area contributed by atoms with Crippen molar-refractivity contribution in [3.05, 3.63) is 52.2 Å². The Balaban J connectivity index is 1.45. The van der Waals surface area contributed by atoms with E-state index in [1.165, 1.54) is 4.90 Å². The summed E-state index contributed by atoms with van der Waals surface area (Å²) in [5.74, 6) is 0.142. The molecular weight excluding hydrogens is 412 g/mol. The van der Waals surface area contributed by atoms with Gasteiger partial charge in [-0.3, -0.25) is 19.3 Å². The van der Waals surface area contributed by atoms with E-state index in [-0.39, 0.29) is 42.5 Å². The van der Waals surface area contributed by atoms with Gasteiger partial charge in [0.1, 0.15) is 5.75 Å². The maximum Gasteiger partial charge on any atom is 0.233 e. The summed E-state index contributed by atoms with van der Waals surface area (Å²) in [6.45, 7) is 1.06. The van der Waals surface area contributed by atoms with Gasteiger partial charge in [0, 0.05) is 30.0 Å². The summed E-state index contributed by atoms with van der Waals surface area (Å²) in [5, 5.41) is 1.99. The quantitative estimate of drug-likeness (QED) is 0.585. The number of imide groups is 1. The second kappa shape index (κ2) is 9.64. The molecule has 1 saturated heterocycles. The molecule has 0 spiro atoms. The highest BCUT2D eigenvalue weighted by atomic mass is 32.1. The Bertz CT molecular complexity index is 919. The van der Waals surface area contributed by atoms with E-state index in [1.54, 1.807) is 23.3 Å².